The molecule has 0 radical (unpaired) electrons. The zero-order chi connectivity index (χ0) is 15.7. The maximum absolute atomic E-state index is 5.61. The lowest BCUT2D eigenvalue weighted by Crippen LogP contribution is -2.32. The van der Waals surface area contributed by atoms with Gasteiger partial charge in [0.2, 0.25) is 0 Å². The maximum Gasteiger partial charge on any atom is 0.170 e. The van der Waals surface area contributed by atoms with E-state index in [0.717, 1.165) is 17.4 Å². The molecule has 1 aliphatic heterocycles. The topological polar surface area (TPSA) is 28.2 Å². The number of aryl methyl sites for hydroxylation is 1. The number of rotatable bonds is 4. The summed E-state index contributed by atoms with van der Waals surface area (Å²) in [7, 11) is 0. The van der Waals surface area contributed by atoms with Crippen molar-refractivity contribution >= 4 is 28.7 Å². The standard InChI is InChI=1S/C17H21N3S2/c1-11(2)10-20-16(14-8-7-12(3)22-14)15(19-17(20)21)13-6-4-5-9-18-13/h4-9,11,15-16H,10H2,1-3H3,(H,19,21). The highest BCUT2D eigenvalue weighted by Crippen LogP contribution is 2.41. The van der Waals surface area contributed by atoms with E-state index in [0.29, 0.717) is 5.92 Å². The van der Waals surface area contributed by atoms with Gasteiger partial charge in [0.05, 0.1) is 17.8 Å². The molecule has 0 aromatic carbocycles. The molecular formula is C17H21N3S2. The fourth-order valence-electron chi connectivity index (χ4n) is 2.92. The van der Waals surface area contributed by atoms with Gasteiger partial charge in [0.15, 0.2) is 5.11 Å². The Morgan fingerprint density at radius 1 is 1.32 bits per heavy atom. The van der Waals surface area contributed by atoms with Crippen LogP contribution < -0.4 is 5.32 Å². The molecule has 5 heteroatoms. The van der Waals surface area contributed by atoms with Crippen molar-refractivity contribution in [3.05, 3.63) is 52.0 Å². The second-order valence-corrected chi connectivity index (χ2v) is 7.83. The van der Waals surface area contributed by atoms with Crippen LogP contribution in [0.25, 0.3) is 0 Å². The highest BCUT2D eigenvalue weighted by atomic mass is 32.1. The molecule has 3 heterocycles. The summed E-state index contributed by atoms with van der Waals surface area (Å²) in [5.74, 6) is 0.561. The van der Waals surface area contributed by atoms with Gasteiger partial charge in [-0.3, -0.25) is 4.98 Å². The Hall–Kier alpha value is -1.46. The van der Waals surface area contributed by atoms with Gasteiger partial charge < -0.3 is 10.2 Å². The Labute approximate surface area is 141 Å². The SMILES string of the molecule is Cc1ccc(C2C(c3ccccn3)NC(=S)N2CC(C)C)s1. The zero-order valence-corrected chi connectivity index (χ0v) is 14.7. The molecule has 1 fully saturated rings. The van der Waals surface area contributed by atoms with Gasteiger partial charge in [-0.05, 0) is 49.3 Å². The molecule has 116 valence electrons. The van der Waals surface area contributed by atoms with Crippen LogP contribution in [0.5, 0.6) is 0 Å². The molecule has 1 aliphatic rings. The smallest absolute Gasteiger partial charge is 0.170 e. The normalized spacial score (nSPS) is 21.5. The number of nitrogens with one attached hydrogen (secondary N) is 1. The Morgan fingerprint density at radius 2 is 2.14 bits per heavy atom. The van der Waals surface area contributed by atoms with Gasteiger partial charge in [0.1, 0.15) is 0 Å². The minimum atomic E-state index is 0.116. The van der Waals surface area contributed by atoms with Crippen LogP contribution in [-0.2, 0) is 0 Å². The van der Waals surface area contributed by atoms with Crippen molar-refractivity contribution in [2.75, 3.05) is 6.54 Å². The van der Waals surface area contributed by atoms with Crippen molar-refractivity contribution in [2.45, 2.75) is 32.9 Å². The molecule has 1 N–H and O–H groups in total. The van der Waals surface area contributed by atoms with Crippen molar-refractivity contribution in [2.24, 2.45) is 5.92 Å². The van der Waals surface area contributed by atoms with E-state index in [-0.39, 0.29) is 12.1 Å². The van der Waals surface area contributed by atoms with E-state index in [2.05, 4.69) is 54.2 Å². The summed E-state index contributed by atoms with van der Waals surface area (Å²) in [5, 5.41) is 4.32. The predicted molar refractivity (Wildman–Crippen MR) is 96.1 cm³/mol. The molecule has 0 amide bonds. The van der Waals surface area contributed by atoms with Gasteiger partial charge in [0.25, 0.3) is 0 Å². The summed E-state index contributed by atoms with van der Waals surface area (Å²) >= 11 is 7.46. The molecule has 2 aromatic heterocycles. The molecule has 2 atom stereocenters. The summed E-state index contributed by atoms with van der Waals surface area (Å²) in [6, 6.07) is 10.8. The monoisotopic (exact) mass is 331 g/mol. The Bertz CT molecular complexity index is 651. The zero-order valence-electron chi connectivity index (χ0n) is 13.1. The molecule has 0 saturated carbocycles. The fourth-order valence-corrected chi connectivity index (χ4v) is 4.26. The van der Waals surface area contributed by atoms with Crippen LogP contribution in [0.3, 0.4) is 0 Å². The fraction of sp³-hybridized carbons (Fsp3) is 0.412. The average Bonchev–Trinajstić information content (AvgIpc) is 3.04. The minimum absolute atomic E-state index is 0.116. The summed E-state index contributed by atoms with van der Waals surface area (Å²) in [6.07, 6.45) is 1.85. The summed E-state index contributed by atoms with van der Waals surface area (Å²) in [5.41, 5.74) is 1.05. The first-order chi connectivity index (χ1) is 10.6. The molecule has 2 unspecified atom stereocenters. The average molecular weight is 332 g/mol. The van der Waals surface area contributed by atoms with E-state index in [4.69, 9.17) is 12.2 Å². The summed E-state index contributed by atoms with van der Waals surface area (Å²) < 4.78 is 0. The molecule has 2 aromatic rings. The molecule has 0 bridgehead atoms. The van der Waals surface area contributed by atoms with E-state index < -0.39 is 0 Å². The van der Waals surface area contributed by atoms with Gasteiger partial charge in [-0.1, -0.05) is 19.9 Å². The first kappa shape index (κ1) is 15.4. The molecule has 3 rings (SSSR count). The molecule has 0 spiro atoms. The van der Waals surface area contributed by atoms with Crippen molar-refractivity contribution in [3.8, 4) is 0 Å². The van der Waals surface area contributed by atoms with Crippen molar-refractivity contribution in [1.29, 1.82) is 0 Å². The lowest BCUT2D eigenvalue weighted by molar-refractivity contribution is 0.291. The van der Waals surface area contributed by atoms with Crippen LogP contribution in [-0.4, -0.2) is 21.5 Å². The molecule has 3 nitrogen and oxygen atoms in total. The van der Waals surface area contributed by atoms with E-state index >= 15 is 0 Å². The van der Waals surface area contributed by atoms with Crippen LogP contribution in [0, 0.1) is 12.8 Å². The Balaban J connectivity index is 2.00. The summed E-state index contributed by atoms with van der Waals surface area (Å²) in [6.45, 7) is 7.56. The third kappa shape index (κ3) is 3.01. The van der Waals surface area contributed by atoms with Gasteiger partial charge >= 0.3 is 0 Å². The van der Waals surface area contributed by atoms with Gasteiger partial charge in [-0.25, -0.2) is 0 Å². The highest BCUT2D eigenvalue weighted by Gasteiger charge is 2.40. The number of aromatic nitrogens is 1. The van der Waals surface area contributed by atoms with E-state index in [1.54, 1.807) is 0 Å². The molecule has 22 heavy (non-hydrogen) atoms. The maximum atomic E-state index is 5.61. The second-order valence-electron chi connectivity index (χ2n) is 6.12. The number of thiophene rings is 1. The lowest BCUT2D eigenvalue weighted by Gasteiger charge is -2.28. The quantitative estimate of drug-likeness (QED) is 0.855. The second kappa shape index (κ2) is 6.34. The van der Waals surface area contributed by atoms with E-state index in [1.807, 2.05) is 29.7 Å². The summed E-state index contributed by atoms with van der Waals surface area (Å²) in [4.78, 5) is 9.55. The lowest BCUT2D eigenvalue weighted by atomic mass is 10.0. The van der Waals surface area contributed by atoms with E-state index in [9.17, 15) is 0 Å². The van der Waals surface area contributed by atoms with Crippen LogP contribution in [0.4, 0.5) is 0 Å². The number of nitrogens with zero attached hydrogens (tertiary/aromatic N) is 2. The van der Waals surface area contributed by atoms with Crippen molar-refractivity contribution in [1.82, 2.24) is 15.2 Å². The van der Waals surface area contributed by atoms with Crippen LogP contribution in [0.1, 0.15) is 41.4 Å². The Morgan fingerprint density at radius 3 is 2.73 bits per heavy atom. The first-order valence-corrected chi connectivity index (χ1v) is 8.83. The molecule has 0 aliphatic carbocycles. The number of thiocarbonyl (C=S) groups is 1. The van der Waals surface area contributed by atoms with Crippen molar-refractivity contribution in [3.63, 3.8) is 0 Å². The highest BCUT2D eigenvalue weighted by molar-refractivity contribution is 7.80. The number of hydrogen-bond acceptors (Lipinski definition) is 3. The van der Waals surface area contributed by atoms with Crippen LogP contribution in [0.2, 0.25) is 0 Å². The van der Waals surface area contributed by atoms with Gasteiger partial charge in [0, 0.05) is 22.5 Å². The third-order valence-electron chi connectivity index (χ3n) is 3.81. The third-order valence-corrected chi connectivity index (χ3v) is 5.24. The number of pyridine rings is 1. The molecular weight excluding hydrogens is 310 g/mol. The van der Waals surface area contributed by atoms with Gasteiger partial charge in [-0.2, -0.15) is 0 Å². The first-order valence-electron chi connectivity index (χ1n) is 7.60. The largest absolute Gasteiger partial charge is 0.352 e. The van der Waals surface area contributed by atoms with Crippen LogP contribution in [0.15, 0.2) is 36.5 Å². The van der Waals surface area contributed by atoms with Gasteiger partial charge in [-0.15, -0.1) is 11.3 Å². The van der Waals surface area contributed by atoms with Crippen molar-refractivity contribution < 1.29 is 0 Å². The predicted octanol–water partition coefficient (Wildman–Crippen LogP) is 4.08. The van der Waals surface area contributed by atoms with Crippen LogP contribution >= 0.6 is 23.6 Å². The number of hydrogen-bond donors (Lipinski definition) is 1. The Kier molecular flexibility index (Phi) is 4.45. The van der Waals surface area contributed by atoms with E-state index in [1.165, 1.54) is 9.75 Å². The molecule has 1 saturated heterocycles. The minimum Gasteiger partial charge on any atom is -0.352 e.